The summed E-state index contributed by atoms with van der Waals surface area (Å²) in [5.41, 5.74) is 2.57. The first-order valence-electron chi connectivity index (χ1n) is 9.88. The number of ether oxygens (including phenoxy) is 1. The number of nitrogens with zero attached hydrogens (tertiary/aromatic N) is 2. The molecule has 158 valence electrons. The monoisotopic (exact) mass is 411 g/mol. The Bertz CT molecular complexity index is 913. The van der Waals surface area contributed by atoms with E-state index in [2.05, 4.69) is 34.6 Å². The molecule has 0 bridgehead atoms. The van der Waals surface area contributed by atoms with Crippen molar-refractivity contribution in [1.29, 1.82) is 0 Å². The normalized spacial score (nSPS) is 11.0. The fourth-order valence-corrected chi connectivity index (χ4v) is 2.98. The van der Waals surface area contributed by atoms with Crippen LogP contribution < -0.4 is 5.32 Å². The standard InChI is InChI=1S/C23H26FN3O3/c1-27(15-18-6-3-2-4-7-18)13-5-12-25-23(28)17-29-16-21-14-22(30-26-21)19-8-10-20(24)11-9-19/h2-4,6-11,14H,5,12-13,15-17H2,1H3,(H,25,28). The topological polar surface area (TPSA) is 67.6 Å². The molecule has 30 heavy (non-hydrogen) atoms. The van der Waals surface area contributed by atoms with Crippen LogP contribution in [0.5, 0.6) is 0 Å². The van der Waals surface area contributed by atoms with E-state index in [0.717, 1.165) is 25.1 Å². The minimum Gasteiger partial charge on any atom is -0.365 e. The highest BCUT2D eigenvalue weighted by atomic mass is 19.1. The zero-order chi connectivity index (χ0) is 21.2. The Morgan fingerprint density at radius 3 is 2.70 bits per heavy atom. The molecule has 0 atom stereocenters. The van der Waals surface area contributed by atoms with Gasteiger partial charge in [-0.2, -0.15) is 0 Å². The van der Waals surface area contributed by atoms with Gasteiger partial charge in [-0.1, -0.05) is 35.5 Å². The summed E-state index contributed by atoms with van der Waals surface area (Å²) in [4.78, 5) is 14.1. The van der Waals surface area contributed by atoms with Gasteiger partial charge in [-0.25, -0.2) is 4.39 Å². The van der Waals surface area contributed by atoms with Crippen molar-refractivity contribution in [2.75, 3.05) is 26.7 Å². The second kappa shape index (κ2) is 11.2. The number of rotatable bonds is 11. The van der Waals surface area contributed by atoms with Gasteiger partial charge in [-0.05, 0) is 49.8 Å². The molecule has 1 heterocycles. The maximum atomic E-state index is 13.0. The van der Waals surface area contributed by atoms with Gasteiger partial charge in [-0.3, -0.25) is 4.79 Å². The maximum absolute atomic E-state index is 13.0. The quantitative estimate of drug-likeness (QED) is 0.488. The average Bonchev–Trinajstić information content (AvgIpc) is 3.21. The van der Waals surface area contributed by atoms with Gasteiger partial charge in [0.25, 0.3) is 0 Å². The molecule has 0 aliphatic rings. The number of carbonyl (C=O) groups is 1. The molecule has 0 fully saturated rings. The number of amides is 1. The number of hydrogen-bond donors (Lipinski definition) is 1. The van der Waals surface area contributed by atoms with Gasteiger partial charge in [0.1, 0.15) is 18.1 Å². The third-order valence-electron chi connectivity index (χ3n) is 4.50. The van der Waals surface area contributed by atoms with Crippen molar-refractivity contribution in [3.63, 3.8) is 0 Å². The first-order chi connectivity index (χ1) is 14.6. The van der Waals surface area contributed by atoms with Crippen LogP contribution in [0.1, 0.15) is 17.7 Å². The van der Waals surface area contributed by atoms with E-state index in [1.165, 1.54) is 17.7 Å². The van der Waals surface area contributed by atoms with Crippen LogP contribution in [0.2, 0.25) is 0 Å². The van der Waals surface area contributed by atoms with Crippen LogP contribution in [0.25, 0.3) is 11.3 Å². The predicted molar refractivity (Wildman–Crippen MR) is 112 cm³/mol. The number of hydrogen-bond acceptors (Lipinski definition) is 5. The molecule has 3 aromatic rings. The summed E-state index contributed by atoms with van der Waals surface area (Å²) in [6.45, 7) is 2.49. The van der Waals surface area contributed by atoms with E-state index in [4.69, 9.17) is 9.26 Å². The van der Waals surface area contributed by atoms with E-state index in [-0.39, 0.29) is 24.9 Å². The lowest BCUT2D eigenvalue weighted by Gasteiger charge is -2.16. The van der Waals surface area contributed by atoms with E-state index in [1.54, 1.807) is 18.2 Å². The fourth-order valence-electron chi connectivity index (χ4n) is 2.98. The molecule has 0 unspecified atom stereocenters. The minimum absolute atomic E-state index is 0.0431. The first kappa shape index (κ1) is 21.7. The number of halogens is 1. The highest BCUT2D eigenvalue weighted by molar-refractivity contribution is 5.77. The molecule has 0 aliphatic heterocycles. The van der Waals surface area contributed by atoms with Crippen LogP contribution in [0.4, 0.5) is 4.39 Å². The molecule has 0 aliphatic carbocycles. The van der Waals surface area contributed by atoms with Crippen molar-refractivity contribution < 1.29 is 18.4 Å². The Balaban J connectivity index is 1.28. The van der Waals surface area contributed by atoms with Crippen molar-refractivity contribution in [1.82, 2.24) is 15.4 Å². The Labute approximate surface area is 175 Å². The van der Waals surface area contributed by atoms with Gasteiger partial charge in [0.15, 0.2) is 5.76 Å². The summed E-state index contributed by atoms with van der Waals surface area (Å²) in [5.74, 6) is 0.0521. The SMILES string of the molecule is CN(CCCNC(=O)COCc1cc(-c2ccc(F)cc2)on1)Cc1ccccc1. The van der Waals surface area contributed by atoms with Gasteiger partial charge >= 0.3 is 0 Å². The highest BCUT2D eigenvalue weighted by Gasteiger charge is 2.08. The maximum Gasteiger partial charge on any atom is 0.246 e. The largest absolute Gasteiger partial charge is 0.365 e. The Morgan fingerprint density at radius 1 is 1.17 bits per heavy atom. The third-order valence-corrected chi connectivity index (χ3v) is 4.50. The molecule has 0 saturated carbocycles. The molecule has 0 radical (unpaired) electrons. The van der Waals surface area contributed by atoms with Crippen molar-refractivity contribution in [3.8, 4) is 11.3 Å². The number of aromatic nitrogens is 1. The highest BCUT2D eigenvalue weighted by Crippen LogP contribution is 2.20. The molecule has 2 aromatic carbocycles. The van der Waals surface area contributed by atoms with E-state index in [0.29, 0.717) is 18.0 Å². The Kier molecular flexibility index (Phi) is 8.11. The lowest BCUT2D eigenvalue weighted by molar-refractivity contribution is -0.126. The minimum atomic E-state index is -0.310. The van der Waals surface area contributed by atoms with Crippen LogP contribution >= 0.6 is 0 Å². The molecule has 3 rings (SSSR count). The molecular formula is C23H26FN3O3. The molecule has 7 heteroatoms. The smallest absolute Gasteiger partial charge is 0.246 e. The van der Waals surface area contributed by atoms with Crippen molar-refractivity contribution in [2.24, 2.45) is 0 Å². The zero-order valence-electron chi connectivity index (χ0n) is 17.0. The van der Waals surface area contributed by atoms with Crippen molar-refractivity contribution >= 4 is 5.91 Å². The summed E-state index contributed by atoms with van der Waals surface area (Å²) in [6.07, 6.45) is 0.861. The van der Waals surface area contributed by atoms with E-state index in [1.807, 2.05) is 18.2 Å². The van der Waals surface area contributed by atoms with Crippen LogP contribution in [-0.2, 0) is 22.7 Å². The third kappa shape index (κ3) is 7.09. The lowest BCUT2D eigenvalue weighted by atomic mass is 10.1. The first-order valence-corrected chi connectivity index (χ1v) is 9.88. The van der Waals surface area contributed by atoms with Gasteiger partial charge in [0.05, 0.1) is 6.61 Å². The lowest BCUT2D eigenvalue weighted by Crippen LogP contribution is -2.30. The number of benzene rings is 2. The van der Waals surface area contributed by atoms with Crippen LogP contribution in [-0.4, -0.2) is 42.7 Å². The van der Waals surface area contributed by atoms with E-state index >= 15 is 0 Å². The molecule has 0 spiro atoms. The van der Waals surface area contributed by atoms with Crippen LogP contribution in [0.15, 0.2) is 65.2 Å². The summed E-state index contributed by atoms with van der Waals surface area (Å²) >= 11 is 0. The molecule has 0 saturated heterocycles. The average molecular weight is 411 g/mol. The van der Waals surface area contributed by atoms with Crippen molar-refractivity contribution in [3.05, 3.63) is 77.7 Å². The summed E-state index contributed by atoms with van der Waals surface area (Å²) in [5, 5.41) is 6.76. The Hall–Kier alpha value is -3.03. The molecule has 1 aromatic heterocycles. The summed E-state index contributed by atoms with van der Waals surface area (Å²) in [6, 6.07) is 18.0. The molecule has 1 N–H and O–H groups in total. The summed E-state index contributed by atoms with van der Waals surface area (Å²) < 4.78 is 23.6. The van der Waals surface area contributed by atoms with E-state index < -0.39 is 0 Å². The van der Waals surface area contributed by atoms with Gasteiger partial charge in [0, 0.05) is 24.7 Å². The molecule has 1 amide bonds. The fraction of sp³-hybridized carbons (Fsp3) is 0.304. The number of carbonyl (C=O) groups excluding carboxylic acids is 1. The van der Waals surface area contributed by atoms with Crippen molar-refractivity contribution in [2.45, 2.75) is 19.6 Å². The van der Waals surface area contributed by atoms with Crippen LogP contribution in [0.3, 0.4) is 0 Å². The van der Waals surface area contributed by atoms with Gasteiger partial charge in [0.2, 0.25) is 5.91 Å². The molecular weight excluding hydrogens is 385 g/mol. The zero-order valence-corrected chi connectivity index (χ0v) is 17.0. The Morgan fingerprint density at radius 2 is 1.93 bits per heavy atom. The second-order valence-electron chi connectivity index (χ2n) is 7.11. The second-order valence-corrected chi connectivity index (χ2v) is 7.11. The molecule has 6 nitrogen and oxygen atoms in total. The van der Waals surface area contributed by atoms with Gasteiger partial charge in [-0.15, -0.1) is 0 Å². The number of nitrogens with one attached hydrogen (secondary N) is 1. The van der Waals surface area contributed by atoms with Crippen LogP contribution in [0, 0.1) is 5.82 Å². The summed E-state index contributed by atoms with van der Waals surface area (Å²) in [7, 11) is 2.07. The predicted octanol–water partition coefficient (Wildman–Crippen LogP) is 3.64. The van der Waals surface area contributed by atoms with Gasteiger partial charge < -0.3 is 19.5 Å². The van der Waals surface area contributed by atoms with E-state index in [9.17, 15) is 9.18 Å².